The highest BCUT2D eigenvalue weighted by molar-refractivity contribution is 5.53. The summed E-state index contributed by atoms with van der Waals surface area (Å²) in [6, 6.07) is 3.15. The number of aldehydes is 1. The molecule has 1 aliphatic heterocycles. The molecule has 0 radical (unpaired) electrons. The van der Waals surface area contributed by atoms with Gasteiger partial charge >= 0.3 is 0 Å². The highest BCUT2D eigenvalue weighted by Crippen LogP contribution is 2.36. The van der Waals surface area contributed by atoms with Gasteiger partial charge in [-0.3, -0.25) is 0 Å². The average molecular weight is 224 g/mol. The first-order chi connectivity index (χ1) is 7.72. The second-order valence-electron chi connectivity index (χ2n) is 3.83. The van der Waals surface area contributed by atoms with E-state index in [1.54, 1.807) is 6.07 Å². The standard InChI is InChI=1S/C12H13FO3/c1-8(2-3-14)9-6-10(13)12-11(7-9)15-4-5-16-12/h3,6-8H,2,4-5H2,1H3. The Morgan fingerprint density at radius 3 is 2.94 bits per heavy atom. The van der Waals surface area contributed by atoms with E-state index in [-0.39, 0.29) is 11.7 Å². The van der Waals surface area contributed by atoms with Crippen LogP contribution in [0.2, 0.25) is 0 Å². The molecule has 86 valence electrons. The predicted molar refractivity (Wildman–Crippen MR) is 56.5 cm³/mol. The minimum absolute atomic E-state index is 0.0113. The molecule has 4 heteroatoms. The van der Waals surface area contributed by atoms with Crippen molar-refractivity contribution in [3.8, 4) is 11.5 Å². The number of carbonyl (C=O) groups is 1. The van der Waals surface area contributed by atoms with Gasteiger partial charge in [0.25, 0.3) is 0 Å². The summed E-state index contributed by atoms with van der Waals surface area (Å²) in [5.74, 6) is 0.167. The molecule has 3 nitrogen and oxygen atoms in total. The minimum Gasteiger partial charge on any atom is -0.486 e. The second kappa shape index (κ2) is 4.51. The van der Waals surface area contributed by atoms with E-state index in [2.05, 4.69) is 0 Å². The van der Waals surface area contributed by atoms with Crippen molar-refractivity contribution in [1.29, 1.82) is 0 Å². The normalized spacial score (nSPS) is 15.6. The van der Waals surface area contributed by atoms with E-state index < -0.39 is 5.82 Å². The molecule has 0 amide bonds. The molecular formula is C12H13FO3. The molecule has 0 fully saturated rings. The van der Waals surface area contributed by atoms with Gasteiger partial charge in [-0.1, -0.05) is 6.92 Å². The zero-order valence-electron chi connectivity index (χ0n) is 9.03. The molecule has 0 saturated heterocycles. The SMILES string of the molecule is CC(CC=O)c1cc(F)c2c(c1)OCCO2. The first kappa shape index (κ1) is 10.9. The lowest BCUT2D eigenvalue weighted by Gasteiger charge is -2.20. The van der Waals surface area contributed by atoms with E-state index in [0.717, 1.165) is 11.8 Å². The van der Waals surface area contributed by atoms with Gasteiger partial charge in [-0.15, -0.1) is 0 Å². The average Bonchev–Trinajstić information content (AvgIpc) is 2.29. The van der Waals surface area contributed by atoms with E-state index in [1.165, 1.54) is 6.07 Å². The quantitative estimate of drug-likeness (QED) is 0.739. The van der Waals surface area contributed by atoms with E-state index in [4.69, 9.17) is 9.47 Å². The number of hydrogen-bond donors (Lipinski definition) is 0. The van der Waals surface area contributed by atoms with E-state index in [0.29, 0.717) is 25.4 Å². The zero-order valence-corrected chi connectivity index (χ0v) is 9.03. The van der Waals surface area contributed by atoms with Crippen LogP contribution in [0, 0.1) is 5.82 Å². The van der Waals surface area contributed by atoms with Gasteiger partial charge in [0.15, 0.2) is 17.3 Å². The molecule has 0 saturated carbocycles. The van der Waals surface area contributed by atoms with Crippen LogP contribution in [0.5, 0.6) is 11.5 Å². The van der Waals surface area contributed by atoms with Gasteiger partial charge in [0.2, 0.25) is 0 Å². The Morgan fingerprint density at radius 1 is 1.44 bits per heavy atom. The molecule has 1 unspecified atom stereocenters. The van der Waals surface area contributed by atoms with Crippen molar-refractivity contribution in [3.05, 3.63) is 23.5 Å². The van der Waals surface area contributed by atoms with Crippen LogP contribution in [0.1, 0.15) is 24.8 Å². The molecule has 1 atom stereocenters. The maximum absolute atomic E-state index is 13.6. The summed E-state index contributed by atoms with van der Waals surface area (Å²) >= 11 is 0. The third-order valence-corrected chi connectivity index (χ3v) is 2.64. The summed E-state index contributed by atoms with van der Waals surface area (Å²) in [7, 11) is 0. The van der Waals surface area contributed by atoms with Crippen LogP contribution in [0.15, 0.2) is 12.1 Å². The number of hydrogen-bond acceptors (Lipinski definition) is 3. The van der Waals surface area contributed by atoms with E-state index in [9.17, 15) is 9.18 Å². The molecule has 0 spiro atoms. The molecule has 1 aromatic rings. The molecule has 16 heavy (non-hydrogen) atoms. The molecule has 0 aliphatic carbocycles. The van der Waals surface area contributed by atoms with Gasteiger partial charge < -0.3 is 14.3 Å². The zero-order chi connectivity index (χ0) is 11.5. The van der Waals surface area contributed by atoms with E-state index in [1.807, 2.05) is 6.92 Å². The molecule has 1 aliphatic rings. The Labute approximate surface area is 93.2 Å². The fraction of sp³-hybridized carbons (Fsp3) is 0.417. The third kappa shape index (κ3) is 2.01. The van der Waals surface area contributed by atoms with Gasteiger partial charge in [-0.25, -0.2) is 4.39 Å². The summed E-state index contributed by atoms with van der Waals surface area (Å²) in [6.07, 6.45) is 1.21. The summed E-state index contributed by atoms with van der Waals surface area (Å²) in [6.45, 7) is 2.67. The summed E-state index contributed by atoms with van der Waals surface area (Å²) < 4.78 is 24.1. The van der Waals surface area contributed by atoms with Crippen molar-refractivity contribution in [2.45, 2.75) is 19.3 Å². The maximum atomic E-state index is 13.6. The van der Waals surface area contributed by atoms with Gasteiger partial charge in [0.1, 0.15) is 19.5 Å². The number of halogens is 1. The fourth-order valence-corrected chi connectivity index (χ4v) is 1.70. The van der Waals surface area contributed by atoms with Crippen LogP contribution >= 0.6 is 0 Å². The third-order valence-electron chi connectivity index (χ3n) is 2.64. The van der Waals surface area contributed by atoms with Crippen LogP contribution in [0.3, 0.4) is 0 Å². The Morgan fingerprint density at radius 2 is 2.19 bits per heavy atom. The Hall–Kier alpha value is -1.58. The van der Waals surface area contributed by atoms with Crippen molar-refractivity contribution < 1.29 is 18.7 Å². The monoisotopic (exact) mass is 224 g/mol. The fourth-order valence-electron chi connectivity index (χ4n) is 1.70. The highest BCUT2D eigenvalue weighted by atomic mass is 19.1. The van der Waals surface area contributed by atoms with Crippen LogP contribution in [-0.4, -0.2) is 19.5 Å². The van der Waals surface area contributed by atoms with Crippen molar-refractivity contribution in [1.82, 2.24) is 0 Å². The molecule has 1 heterocycles. The van der Waals surface area contributed by atoms with Crippen LogP contribution in [0.25, 0.3) is 0 Å². The highest BCUT2D eigenvalue weighted by Gasteiger charge is 2.19. The smallest absolute Gasteiger partial charge is 0.197 e. The van der Waals surface area contributed by atoms with Gasteiger partial charge in [0.05, 0.1) is 0 Å². The maximum Gasteiger partial charge on any atom is 0.197 e. The first-order valence-corrected chi connectivity index (χ1v) is 5.25. The predicted octanol–water partition coefficient (Wildman–Crippen LogP) is 2.29. The lowest BCUT2D eigenvalue weighted by atomic mass is 9.98. The lowest BCUT2D eigenvalue weighted by molar-refractivity contribution is -0.108. The molecule has 1 aromatic carbocycles. The number of ether oxygens (including phenoxy) is 2. The van der Waals surface area contributed by atoms with Crippen LogP contribution in [0.4, 0.5) is 4.39 Å². The summed E-state index contributed by atoms with van der Waals surface area (Å²) in [5, 5.41) is 0. The molecule has 0 N–H and O–H groups in total. The van der Waals surface area contributed by atoms with Crippen molar-refractivity contribution in [2.75, 3.05) is 13.2 Å². The number of rotatable bonds is 3. The Bertz CT molecular complexity index is 403. The molecular weight excluding hydrogens is 211 g/mol. The number of carbonyl (C=O) groups excluding carboxylic acids is 1. The number of fused-ring (bicyclic) bond motifs is 1. The topological polar surface area (TPSA) is 35.5 Å². The molecule has 2 rings (SSSR count). The summed E-state index contributed by atoms with van der Waals surface area (Å²) in [5.41, 5.74) is 0.758. The Kier molecular flexibility index (Phi) is 3.08. The summed E-state index contributed by atoms with van der Waals surface area (Å²) in [4.78, 5) is 10.4. The number of benzene rings is 1. The van der Waals surface area contributed by atoms with Crippen molar-refractivity contribution in [3.63, 3.8) is 0 Å². The molecule has 0 aromatic heterocycles. The largest absolute Gasteiger partial charge is 0.486 e. The molecule has 0 bridgehead atoms. The van der Waals surface area contributed by atoms with Crippen LogP contribution in [-0.2, 0) is 4.79 Å². The van der Waals surface area contributed by atoms with Gasteiger partial charge in [0, 0.05) is 6.42 Å². The van der Waals surface area contributed by atoms with Crippen molar-refractivity contribution in [2.24, 2.45) is 0 Å². The van der Waals surface area contributed by atoms with Gasteiger partial charge in [-0.05, 0) is 23.6 Å². The second-order valence-corrected chi connectivity index (χ2v) is 3.83. The van der Waals surface area contributed by atoms with Gasteiger partial charge in [-0.2, -0.15) is 0 Å². The minimum atomic E-state index is -0.426. The Balaban J connectivity index is 2.34. The van der Waals surface area contributed by atoms with Crippen molar-refractivity contribution >= 4 is 6.29 Å². The van der Waals surface area contributed by atoms with Crippen LogP contribution < -0.4 is 9.47 Å². The van der Waals surface area contributed by atoms with E-state index >= 15 is 0 Å². The first-order valence-electron chi connectivity index (χ1n) is 5.25. The lowest BCUT2D eigenvalue weighted by Crippen LogP contribution is -2.16.